The normalized spacial score (nSPS) is 17.3. The number of benzene rings is 1. The Balaban J connectivity index is 0.00000192. The van der Waals surface area contributed by atoms with Crippen LogP contribution in [-0.4, -0.2) is 30.0 Å². The Morgan fingerprint density at radius 2 is 2.17 bits per heavy atom. The van der Waals surface area contributed by atoms with Crippen molar-refractivity contribution in [2.24, 2.45) is 0 Å². The molecule has 0 bridgehead atoms. The van der Waals surface area contributed by atoms with Gasteiger partial charge in [0.05, 0.1) is 12.1 Å². The Labute approximate surface area is 146 Å². The molecule has 1 unspecified atom stereocenters. The number of carbonyl (C=O) groups excluding carboxylic acids is 1. The molecule has 0 aliphatic carbocycles. The zero-order chi connectivity index (χ0) is 15.4. The number of aromatic nitrogens is 1. The minimum absolute atomic E-state index is 0. The summed E-state index contributed by atoms with van der Waals surface area (Å²) in [5.41, 5.74) is 1.47. The Morgan fingerprint density at radius 1 is 1.39 bits per heavy atom. The standard InChI is InChI=1S/C16H18ClN3O2.ClH/c17-12-5-3-11(4-6-12)16-20-14(10-22-16)8-15(21)19-13-2-1-7-18-9-13;/h3-6,10,13,18H,1-2,7-9H2,(H,19,21);1H. The summed E-state index contributed by atoms with van der Waals surface area (Å²) in [5, 5.41) is 6.96. The number of carbonyl (C=O) groups is 1. The summed E-state index contributed by atoms with van der Waals surface area (Å²) in [4.78, 5) is 16.4. The van der Waals surface area contributed by atoms with Gasteiger partial charge in [-0.15, -0.1) is 12.4 Å². The van der Waals surface area contributed by atoms with Crippen molar-refractivity contribution in [3.8, 4) is 11.5 Å². The van der Waals surface area contributed by atoms with E-state index in [1.807, 2.05) is 12.1 Å². The van der Waals surface area contributed by atoms with Gasteiger partial charge in [0.2, 0.25) is 11.8 Å². The van der Waals surface area contributed by atoms with Crippen LogP contribution in [-0.2, 0) is 11.2 Å². The van der Waals surface area contributed by atoms with Crippen LogP contribution in [0.25, 0.3) is 11.5 Å². The molecular formula is C16H19Cl2N3O2. The summed E-state index contributed by atoms with van der Waals surface area (Å²) < 4.78 is 5.43. The van der Waals surface area contributed by atoms with Crippen LogP contribution in [0.15, 0.2) is 34.9 Å². The van der Waals surface area contributed by atoms with Crippen molar-refractivity contribution in [2.75, 3.05) is 13.1 Å². The molecule has 2 aromatic rings. The molecule has 0 saturated carbocycles. The van der Waals surface area contributed by atoms with Gasteiger partial charge in [-0.1, -0.05) is 11.6 Å². The molecule has 1 fully saturated rings. The number of oxazole rings is 1. The number of hydrogen-bond donors (Lipinski definition) is 2. The van der Waals surface area contributed by atoms with Crippen molar-refractivity contribution in [1.82, 2.24) is 15.6 Å². The van der Waals surface area contributed by atoms with Crippen LogP contribution in [0.2, 0.25) is 5.02 Å². The summed E-state index contributed by atoms with van der Waals surface area (Å²) in [7, 11) is 0. The maximum atomic E-state index is 12.0. The van der Waals surface area contributed by atoms with Gasteiger partial charge in [0, 0.05) is 23.2 Å². The first-order valence-electron chi connectivity index (χ1n) is 7.41. The Hall–Kier alpha value is -1.56. The summed E-state index contributed by atoms with van der Waals surface area (Å²) >= 11 is 5.86. The van der Waals surface area contributed by atoms with E-state index in [0.29, 0.717) is 16.6 Å². The minimum atomic E-state index is -0.0235. The van der Waals surface area contributed by atoms with Crippen molar-refractivity contribution >= 4 is 29.9 Å². The zero-order valence-electron chi connectivity index (χ0n) is 12.5. The fraction of sp³-hybridized carbons (Fsp3) is 0.375. The maximum absolute atomic E-state index is 12.0. The van der Waals surface area contributed by atoms with E-state index in [-0.39, 0.29) is 30.8 Å². The van der Waals surface area contributed by atoms with Gasteiger partial charge < -0.3 is 15.1 Å². The molecule has 0 radical (unpaired) electrons. The molecule has 0 spiro atoms. The van der Waals surface area contributed by atoms with Gasteiger partial charge in [0.1, 0.15) is 6.26 Å². The lowest BCUT2D eigenvalue weighted by atomic mass is 10.1. The number of rotatable bonds is 4. The molecule has 2 heterocycles. The molecule has 1 aliphatic heterocycles. The maximum Gasteiger partial charge on any atom is 0.226 e. The second kappa shape index (κ2) is 8.34. The predicted molar refractivity (Wildman–Crippen MR) is 91.9 cm³/mol. The van der Waals surface area contributed by atoms with E-state index in [1.54, 1.807) is 12.1 Å². The number of piperidine rings is 1. The highest BCUT2D eigenvalue weighted by Gasteiger charge is 2.16. The molecule has 1 atom stereocenters. The van der Waals surface area contributed by atoms with Gasteiger partial charge in [0.15, 0.2) is 0 Å². The Morgan fingerprint density at radius 3 is 2.87 bits per heavy atom. The molecule has 2 N–H and O–H groups in total. The number of nitrogens with one attached hydrogen (secondary N) is 2. The molecule has 1 aliphatic rings. The minimum Gasteiger partial charge on any atom is -0.444 e. The van der Waals surface area contributed by atoms with Crippen LogP contribution in [0.3, 0.4) is 0 Å². The third-order valence-corrected chi connectivity index (χ3v) is 3.90. The highest BCUT2D eigenvalue weighted by Crippen LogP contribution is 2.21. The summed E-state index contributed by atoms with van der Waals surface area (Å²) in [6.45, 7) is 1.86. The quantitative estimate of drug-likeness (QED) is 0.884. The fourth-order valence-electron chi connectivity index (χ4n) is 2.53. The topological polar surface area (TPSA) is 67.2 Å². The SMILES string of the molecule is Cl.O=C(Cc1coc(-c2ccc(Cl)cc2)n1)NC1CCCNC1. The molecule has 5 nitrogen and oxygen atoms in total. The molecular weight excluding hydrogens is 337 g/mol. The van der Waals surface area contributed by atoms with E-state index in [4.69, 9.17) is 16.0 Å². The van der Waals surface area contributed by atoms with Gasteiger partial charge in [-0.05, 0) is 43.7 Å². The van der Waals surface area contributed by atoms with Crippen molar-refractivity contribution in [2.45, 2.75) is 25.3 Å². The zero-order valence-corrected chi connectivity index (χ0v) is 14.1. The molecule has 1 aromatic heterocycles. The summed E-state index contributed by atoms with van der Waals surface area (Å²) in [6, 6.07) is 7.45. The molecule has 1 saturated heterocycles. The molecule has 23 heavy (non-hydrogen) atoms. The smallest absolute Gasteiger partial charge is 0.226 e. The molecule has 1 amide bonds. The van der Waals surface area contributed by atoms with Gasteiger partial charge in [-0.3, -0.25) is 4.79 Å². The summed E-state index contributed by atoms with van der Waals surface area (Å²) in [6.07, 6.45) is 3.87. The lowest BCUT2D eigenvalue weighted by molar-refractivity contribution is -0.121. The predicted octanol–water partition coefficient (Wildman–Crippen LogP) is 2.83. The first-order valence-corrected chi connectivity index (χ1v) is 7.79. The number of halogens is 2. The van der Waals surface area contributed by atoms with Crippen molar-refractivity contribution in [3.05, 3.63) is 41.2 Å². The second-order valence-electron chi connectivity index (χ2n) is 5.44. The highest BCUT2D eigenvalue weighted by atomic mass is 35.5. The van der Waals surface area contributed by atoms with Crippen LogP contribution in [0.5, 0.6) is 0 Å². The average Bonchev–Trinajstić information content (AvgIpc) is 2.97. The van der Waals surface area contributed by atoms with Gasteiger partial charge in [0.25, 0.3) is 0 Å². The molecule has 1 aromatic carbocycles. The van der Waals surface area contributed by atoms with E-state index in [9.17, 15) is 4.79 Å². The third-order valence-electron chi connectivity index (χ3n) is 3.65. The third kappa shape index (κ3) is 4.96. The molecule has 3 rings (SSSR count). The second-order valence-corrected chi connectivity index (χ2v) is 5.87. The lowest BCUT2D eigenvalue weighted by Crippen LogP contribution is -2.46. The van der Waals surface area contributed by atoms with Crippen molar-refractivity contribution < 1.29 is 9.21 Å². The average molecular weight is 356 g/mol. The van der Waals surface area contributed by atoms with Gasteiger partial charge in [-0.25, -0.2) is 4.98 Å². The van der Waals surface area contributed by atoms with E-state index in [0.717, 1.165) is 31.5 Å². The Kier molecular flexibility index (Phi) is 6.45. The van der Waals surface area contributed by atoms with Crippen LogP contribution < -0.4 is 10.6 Å². The summed E-state index contributed by atoms with van der Waals surface area (Å²) in [5.74, 6) is 0.475. The number of amides is 1. The highest BCUT2D eigenvalue weighted by molar-refractivity contribution is 6.30. The van der Waals surface area contributed by atoms with Crippen LogP contribution >= 0.6 is 24.0 Å². The fourth-order valence-corrected chi connectivity index (χ4v) is 2.66. The molecule has 7 heteroatoms. The first-order chi connectivity index (χ1) is 10.7. The molecule has 124 valence electrons. The van der Waals surface area contributed by atoms with E-state index in [2.05, 4.69) is 15.6 Å². The van der Waals surface area contributed by atoms with Crippen LogP contribution in [0, 0.1) is 0 Å². The van der Waals surface area contributed by atoms with Gasteiger partial charge >= 0.3 is 0 Å². The first kappa shape index (κ1) is 17.8. The van der Waals surface area contributed by atoms with Crippen molar-refractivity contribution in [1.29, 1.82) is 0 Å². The van der Waals surface area contributed by atoms with E-state index < -0.39 is 0 Å². The van der Waals surface area contributed by atoms with Crippen molar-refractivity contribution in [3.63, 3.8) is 0 Å². The Bertz CT molecular complexity index is 637. The monoisotopic (exact) mass is 355 g/mol. The van der Waals surface area contributed by atoms with E-state index in [1.165, 1.54) is 6.26 Å². The van der Waals surface area contributed by atoms with E-state index >= 15 is 0 Å². The number of hydrogen-bond acceptors (Lipinski definition) is 4. The largest absolute Gasteiger partial charge is 0.444 e. The lowest BCUT2D eigenvalue weighted by Gasteiger charge is -2.23. The van der Waals surface area contributed by atoms with Crippen LogP contribution in [0.4, 0.5) is 0 Å². The van der Waals surface area contributed by atoms with Gasteiger partial charge in [-0.2, -0.15) is 0 Å². The van der Waals surface area contributed by atoms with Crippen LogP contribution in [0.1, 0.15) is 18.5 Å². The number of nitrogens with zero attached hydrogens (tertiary/aromatic N) is 1.